The molecule has 0 radical (unpaired) electrons. The molecular weight excluding hydrogens is 160 g/mol. The smallest absolute Gasteiger partial charge is 0.0540 e. The van der Waals surface area contributed by atoms with Gasteiger partial charge in [-0.25, -0.2) is 0 Å². The number of benzene rings is 1. The molecule has 0 amide bonds. The lowest BCUT2D eigenvalue weighted by atomic mass is 10.0. The average Bonchev–Trinajstić information content (AvgIpc) is 2.15. The molecule has 2 heteroatoms. The second-order valence-corrected chi connectivity index (χ2v) is 3.30. The molecule has 70 valence electrons. The summed E-state index contributed by atoms with van der Waals surface area (Å²) in [6, 6.07) is 8.44. The van der Waals surface area contributed by atoms with Gasteiger partial charge in [0.1, 0.15) is 0 Å². The van der Waals surface area contributed by atoms with Gasteiger partial charge < -0.3 is 5.43 Å². The standard InChI is InChI=1S/C11H16N2/c1-9(2)11-6-4-10(5-7-11)8-13-12-3/h4-9,12H,1-3H3/b13-8+. The Morgan fingerprint density at radius 2 is 1.85 bits per heavy atom. The van der Waals surface area contributed by atoms with Crippen molar-refractivity contribution in [1.82, 2.24) is 5.43 Å². The summed E-state index contributed by atoms with van der Waals surface area (Å²) in [5.74, 6) is 0.593. The van der Waals surface area contributed by atoms with Gasteiger partial charge in [0.2, 0.25) is 0 Å². The average molecular weight is 176 g/mol. The molecule has 13 heavy (non-hydrogen) atoms. The van der Waals surface area contributed by atoms with E-state index in [1.807, 2.05) is 6.21 Å². The molecule has 1 aromatic rings. The lowest BCUT2D eigenvalue weighted by molar-refractivity contribution is 0.866. The number of rotatable bonds is 3. The summed E-state index contributed by atoms with van der Waals surface area (Å²) in [5, 5.41) is 3.94. The minimum atomic E-state index is 0.593. The van der Waals surface area contributed by atoms with Crippen molar-refractivity contribution >= 4 is 6.21 Å². The van der Waals surface area contributed by atoms with Crippen LogP contribution in [0.25, 0.3) is 0 Å². The van der Waals surface area contributed by atoms with E-state index in [1.54, 1.807) is 7.05 Å². The van der Waals surface area contributed by atoms with Gasteiger partial charge in [0.05, 0.1) is 6.21 Å². The van der Waals surface area contributed by atoms with Crippen molar-refractivity contribution in [2.24, 2.45) is 5.10 Å². The van der Waals surface area contributed by atoms with Crippen molar-refractivity contribution in [3.8, 4) is 0 Å². The zero-order valence-corrected chi connectivity index (χ0v) is 8.41. The van der Waals surface area contributed by atoms with Crippen molar-refractivity contribution in [2.75, 3.05) is 7.05 Å². The van der Waals surface area contributed by atoms with Gasteiger partial charge in [-0.3, -0.25) is 0 Å². The van der Waals surface area contributed by atoms with Gasteiger partial charge in [-0.15, -0.1) is 0 Å². The molecule has 0 fully saturated rings. The van der Waals surface area contributed by atoms with Gasteiger partial charge in [-0.1, -0.05) is 38.1 Å². The number of hydrazone groups is 1. The van der Waals surface area contributed by atoms with E-state index in [9.17, 15) is 0 Å². The molecule has 0 unspecified atom stereocenters. The topological polar surface area (TPSA) is 24.4 Å². The van der Waals surface area contributed by atoms with Crippen LogP contribution in [0.15, 0.2) is 29.4 Å². The quantitative estimate of drug-likeness (QED) is 0.555. The Morgan fingerprint density at radius 1 is 1.23 bits per heavy atom. The molecule has 0 aliphatic rings. The second-order valence-electron chi connectivity index (χ2n) is 3.30. The molecule has 0 aliphatic heterocycles. The van der Waals surface area contributed by atoms with Crippen molar-refractivity contribution in [2.45, 2.75) is 19.8 Å². The number of hydrogen-bond donors (Lipinski definition) is 1. The van der Waals surface area contributed by atoms with Crippen LogP contribution in [0.4, 0.5) is 0 Å². The zero-order valence-electron chi connectivity index (χ0n) is 8.41. The summed E-state index contributed by atoms with van der Waals surface area (Å²) in [6.45, 7) is 4.38. The fourth-order valence-corrected chi connectivity index (χ4v) is 1.11. The minimum absolute atomic E-state index is 0.593. The fourth-order valence-electron chi connectivity index (χ4n) is 1.11. The highest BCUT2D eigenvalue weighted by Gasteiger charge is 1.96. The van der Waals surface area contributed by atoms with E-state index in [2.05, 4.69) is 48.6 Å². The molecule has 0 aliphatic carbocycles. The summed E-state index contributed by atoms with van der Waals surface area (Å²) >= 11 is 0. The Morgan fingerprint density at radius 3 is 2.31 bits per heavy atom. The molecule has 0 aromatic heterocycles. The van der Waals surface area contributed by atoms with Gasteiger partial charge in [0, 0.05) is 7.05 Å². The third kappa shape index (κ3) is 2.90. The van der Waals surface area contributed by atoms with Crippen LogP contribution < -0.4 is 5.43 Å². The van der Waals surface area contributed by atoms with Gasteiger partial charge in [0.25, 0.3) is 0 Å². The van der Waals surface area contributed by atoms with E-state index in [0.29, 0.717) is 5.92 Å². The largest absolute Gasteiger partial charge is 0.313 e. The Bertz CT molecular complexity index is 273. The maximum absolute atomic E-state index is 3.94. The van der Waals surface area contributed by atoms with Crippen LogP contribution >= 0.6 is 0 Å². The van der Waals surface area contributed by atoms with E-state index in [1.165, 1.54) is 5.56 Å². The van der Waals surface area contributed by atoms with E-state index >= 15 is 0 Å². The summed E-state index contributed by atoms with van der Waals surface area (Å²) in [4.78, 5) is 0. The number of hydrogen-bond acceptors (Lipinski definition) is 2. The highest BCUT2D eigenvalue weighted by Crippen LogP contribution is 2.13. The molecule has 1 N–H and O–H groups in total. The molecule has 0 saturated carbocycles. The number of nitrogens with one attached hydrogen (secondary N) is 1. The highest BCUT2D eigenvalue weighted by molar-refractivity contribution is 5.79. The first-order valence-corrected chi connectivity index (χ1v) is 4.54. The third-order valence-electron chi connectivity index (χ3n) is 1.95. The van der Waals surface area contributed by atoms with Crippen LogP contribution in [-0.4, -0.2) is 13.3 Å². The second kappa shape index (κ2) is 4.65. The van der Waals surface area contributed by atoms with Crippen LogP contribution in [0.5, 0.6) is 0 Å². The first-order chi connectivity index (χ1) is 6.24. The van der Waals surface area contributed by atoms with E-state index in [4.69, 9.17) is 0 Å². The Kier molecular flexibility index (Phi) is 3.50. The SMILES string of the molecule is CN/N=C/c1ccc(C(C)C)cc1. The predicted octanol–water partition coefficient (Wildman–Crippen LogP) is 2.36. The van der Waals surface area contributed by atoms with Crippen LogP contribution in [0.2, 0.25) is 0 Å². The van der Waals surface area contributed by atoms with Gasteiger partial charge in [-0.2, -0.15) is 5.10 Å². The van der Waals surface area contributed by atoms with Gasteiger partial charge in [-0.05, 0) is 17.0 Å². The zero-order chi connectivity index (χ0) is 9.68. The van der Waals surface area contributed by atoms with Crippen molar-refractivity contribution in [3.63, 3.8) is 0 Å². The minimum Gasteiger partial charge on any atom is -0.313 e. The molecule has 0 bridgehead atoms. The lowest BCUT2D eigenvalue weighted by Gasteiger charge is -2.04. The maximum Gasteiger partial charge on any atom is 0.0540 e. The molecular formula is C11H16N2. The van der Waals surface area contributed by atoms with Crippen LogP contribution in [0, 0.1) is 0 Å². The fraction of sp³-hybridized carbons (Fsp3) is 0.364. The Labute approximate surface area is 79.7 Å². The Balaban J connectivity index is 2.75. The molecule has 0 atom stereocenters. The van der Waals surface area contributed by atoms with Crippen molar-refractivity contribution < 1.29 is 0 Å². The van der Waals surface area contributed by atoms with E-state index < -0.39 is 0 Å². The predicted molar refractivity (Wildman–Crippen MR) is 57.2 cm³/mol. The van der Waals surface area contributed by atoms with Crippen LogP contribution in [0.3, 0.4) is 0 Å². The first-order valence-electron chi connectivity index (χ1n) is 4.54. The number of nitrogens with zero attached hydrogens (tertiary/aromatic N) is 1. The summed E-state index contributed by atoms with van der Waals surface area (Å²) in [5.41, 5.74) is 5.21. The molecule has 1 rings (SSSR count). The maximum atomic E-state index is 3.94. The van der Waals surface area contributed by atoms with Crippen molar-refractivity contribution in [3.05, 3.63) is 35.4 Å². The highest BCUT2D eigenvalue weighted by atomic mass is 15.3. The van der Waals surface area contributed by atoms with Gasteiger partial charge in [0.15, 0.2) is 0 Å². The molecule has 0 spiro atoms. The molecule has 1 aromatic carbocycles. The summed E-state index contributed by atoms with van der Waals surface area (Å²) in [6.07, 6.45) is 1.81. The van der Waals surface area contributed by atoms with Gasteiger partial charge >= 0.3 is 0 Å². The van der Waals surface area contributed by atoms with Crippen LogP contribution in [-0.2, 0) is 0 Å². The summed E-state index contributed by atoms with van der Waals surface area (Å²) in [7, 11) is 1.79. The van der Waals surface area contributed by atoms with E-state index in [-0.39, 0.29) is 0 Å². The third-order valence-corrected chi connectivity index (χ3v) is 1.95. The normalized spacial score (nSPS) is 11.1. The first kappa shape index (κ1) is 9.78. The van der Waals surface area contributed by atoms with Crippen LogP contribution in [0.1, 0.15) is 30.9 Å². The summed E-state index contributed by atoms with van der Waals surface area (Å²) < 4.78 is 0. The van der Waals surface area contributed by atoms with E-state index in [0.717, 1.165) is 5.56 Å². The monoisotopic (exact) mass is 176 g/mol. The molecule has 2 nitrogen and oxygen atoms in total. The lowest BCUT2D eigenvalue weighted by Crippen LogP contribution is -1.95. The molecule has 0 heterocycles. The van der Waals surface area contributed by atoms with Crippen molar-refractivity contribution in [1.29, 1.82) is 0 Å². The Hall–Kier alpha value is -1.31. The molecule has 0 saturated heterocycles.